The van der Waals surface area contributed by atoms with Crippen molar-refractivity contribution in [2.45, 2.75) is 181 Å². The van der Waals surface area contributed by atoms with Crippen molar-refractivity contribution in [2.24, 2.45) is 47.2 Å². The van der Waals surface area contributed by atoms with Gasteiger partial charge < -0.3 is 40.0 Å². The van der Waals surface area contributed by atoms with Crippen LogP contribution in [0.25, 0.3) is 0 Å². The number of carbonyl (C=O) groups excluding carboxylic acids is 9. The van der Waals surface area contributed by atoms with Crippen LogP contribution in [0.2, 0.25) is 0 Å². The summed E-state index contributed by atoms with van der Waals surface area (Å²) >= 11 is 0. The number of carbonyl (C=O) groups is 9. The van der Waals surface area contributed by atoms with E-state index in [2.05, 4.69) is 11.9 Å². The number of nitrogens with zero attached hydrogens (tertiary/aromatic N) is 4. The first-order valence-corrected chi connectivity index (χ1v) is 31.6. The second-order valence-corrected chi connectivity index (χ2v) is 26.3. The number of hydrogen-bond acceptors (Lipinski definition) is 15. The van der Waals surface area contributed by atoms with Crippen LogP contribution in [0.5, 0.6) is 0 Å². The molecule has 0 saturated carbocycles. The monoisotopic (exact) mass is 1200 g/mol. The highest BCUT2D eigenvalue weighted by atomic mass is 32.2. The highest BCUT2D eigenvalue weighted by Gasteiger charge is 2.44. The Morgan fingerprint density at radius 1 is 0.798 bits per heavy atom. The Hall–Kier alpha value is -5.48. The van der Waals surface area contributed by atoms with Gasteiger partial charge in [-0.15, -0.1) is 0 Å². The summed E-state index contributed by atoms with van der Waals surface area (Å²) < 4.78 is 45.4. The van der Waals surface area contributed by atoms with Crippen molar-refractivity contribution in [3.8, 4) is 0 Å². The first-order valence-electron chi connectivity index (χ1n) is 30.0. The number of likely N-dealkylation sites (tertiary alicyclic amines) is 1. The minimum Gasteiger partial charge on any atom is -0.379 e. The Balaban J connectivity index is 1.71. The molecule has 0 bridgehead atoms. The largest absolute Gasteiger partial charge is 0.379 e. The van der Waals surface area contributed by atoms with Crippen LogP contribution in [0.3, 0.4) is 0 Å². The van der Waals surface area contributed by atoms with Gasteiger partial charge in [0, 0.05) is 96.0 Å². The fourth-order valence-electron chi connectivity index (χ4n) is 11.7. The quantitative estimate of drug-likeness (QED) is 0.0718. The second kappa shape index (κ2) is 34.6. The van der Waals surface area contributed by atoms with Crippen molar-refractivity contribution in [2.75, 3.05) is 67.4 Å². The van der Waals surface area contributed by atoms with E-state index in [1.807, 2.05) is 60.5 Å². The molecule has 0 aromatic heterocycles. The molecule has 20 nitrogen and oxygen atoms in total. The van der Waals surface area contributed by atoms with Crippen LogP contribution in [-0.2, 0) is 73.6 Å². The molecular formula is C63H100N6O14S. The zero-order valence-electron chi connectivity index (χ0n) is 52.7. The number of allylic oxidation sites excluding steroid dienone is 1. The summed E-state index contributed by atoms with van der Waals surface area (Å²) in [5, 5.41) is 2.85. The van der Waals surface area contributed by atoms with Gasteiger partial charge in [0.15, 0.2) is 27.2 Å². The predicted molar refractivity (Wildman–Crippen MR) is 322 cm³/mol. The number of nitrogens with one attached hydrogen (secondary N) is 1. The summed E-state index contributed by atoms with van der Waals surface area (Å²) in [5.74, 6) is -6.45. The number of methoxy groups -OCH3 is 2. The molecule has 5 amide bonds. The third-order valence-electron chi connectivity index (χ3n) is 16.9. The van der Waals surface area contributed by atoms with Crippen LogP contribution in [0, 0.1) is 41.4 Å². The van der Waals surface area contributed by atoms with Gasteiger partial charge in [-0.05, 0) is 87.2 Å². The first kappa shape index (κ1) is 72.8. The predicted octanol–water partition coefficient (Wildman–Crippen LogP) is 5.96. The third-order valence-corrected chi connectivity index (χ3v) is 18.5. The number of sulfone groups is 1. The minimum absolute atomic E-state index is 0.00443. The van der Waals surface area contributed by atoms with Gasteiger partial charge in [-0.2, -0.15) is 0 Å². The van der Waals surface area contributed by atoms with E-state index in [4.69, 9.17) is 19.9 Å². The Morgan fingerprint density at radius 2 is 1.44 bits per heavy atom. The van der Waals surface area contributed by atoms with Gasteiger partial charge in [-0.1, -0.05) is 93.9 Å². The molecule has 3 rings (SSSR count). The summed E-state index contributed by atoms with van der Waals surface area (Å²) in [7, 11) is 4.17. The maximum Gasteiger partial charge on any atom is 0.251 e. The fraction of sp³-hybridized carbons (Fsp3) is 0.698. The lowest BCUT2D eigenvalue weighted by atomic mass is 9.83. The molecule has 1 aromatic carbocycles. The lowest BCUT2D eigenvalue weighted by molar-refractivity contribution is -0.149. The van der Waals surface area contributed by atoms with E-state index in [0.717, 1.165) is 0 Å². The van der Waals surface area contributed by atoms with Gasteiger partial charge in [-0.25, -0.2) is 8.42 Å². The average molecular weight is 1200 g/mol. The Morgan fingerprint density at radius 3 is 1.98 bits per heavy atom. The summed E-state index contributed by atoms with van der Waals surface area (Å²) in [4.78, 5) is 127. The number of Topliss-reactive ketones (excluding diaryl/α,β-unsaturated/α-hetero) is 4. The number of hydrogen-bond donors (Lipinski definition) is 2. The topological polar surface area (TPSA) is 266 Å². The van der Waals surface area contributed by atoms with E-state index in [1.165, 1.54) is 49.5 Å². The molecule has 2 aliphatic heterocycles. The molecule has 10 atom stereocenters. The highest BCUT2D eigenvalue weighted by molar-refractivity contribution is 7.92. The lowest BCUT2D eigenvalue weighted by Gasteiger charge is -2.41. The van der Waals surface area contributed by atoms with E-state index in [1.54, 1.807) is 43.7 Å². The zero-order valence-corrected chi connectivity index (χ0v) is 53.5. The molecular weight excluding hydrogens is 1100 g/mol. The molecule has 2 heterocycles. The molecule has 0 unspecified atom stereocenters. The first-order chi connectivity index (χ1) is 39.4. The van der Waals surface area contributed by atoms with Gasteiger partial charge in [-0.3, -0.25) is 48.1 Å². The van der Waals surface area contributed by atoms with Crippen LogP contribution < -0.4 is 11.1 Å². The maximum atomic E-state index is 14.5. The van der Waals surface area contributed by atoms with Crippen LogP contribution in [-0.4, -0.2) is 184 Å². The number of rotatable bonds is 40. The van der Waals surface area contributed by atoms with Crippen molar-refractivity contribution in [1.82, 2.24) is 24.9 Å². The molecule has 84 heavy (non-hydrogen) atoms. The summed E-state index contributed by atoms with van der Waals surface area (Å²) in [6.07, 6.45) is 4.04. The van der Waals surface area contributed by atoms with E-state index < -0.39 is 81.3 Å². The standard InChI is InChI=1S/C63H100N6O14S/c1-16-42(8)60(67(13)63(78)49(40(4)5)36-53(72)59(41(6)7)66(11)12)55(81-14)37-58(76)69-30-19-21-51(69)61(82-15)44(10)54(73)38-84(79,80)47-26-24-45(25-27-47)34-52(71)50(20-17-18-22-56(64)74)65-62(77)48(39(2)3)35-46(70)29-32-83-33-31-68-43(9)23-28-57(68)75/h23-28,39-42,44,48-51,55,59-61H,9,16-22,29-38H2,1-8,10-15H3,(H2,64,74)(H,65,77)/t42-,44-,48-,49-,50-,51-,55+,59-,60-,61+/m0/s1. The second-order valence-electron chi connectivity index (χ2n) is 24.3. The van der Waals surface area contributed by atoms with E-state index >= 15 is 0 Å². The Bertz CT molecular complexity index is 2540. The number of benzene rings is 1. The van der Waals surface area contributed by atoms with Crippen molar-refractivity contribution >= 4 is 62.5 Å². The van der Waals surface area contributed by atoms with Gasteiger partial charge >= 0.3 is 0 Å². The van der Waals surface area contributed by atoms with Gasteiger partial charge in [0.1, 0.15) is 11.5 Å². The third kappa shape index (κ3) is 21.2. The van der Waals surface area contributed by atoms with Crippen LogP contribution in [0.1, 0.15) is 139 Å². The van der Waals surface area contributed by atoms with Gasteiger partial charge in [0.05, 0.1) is 60.9 Å². The van der Waals surface area contributed by atoms with Gasteiger partial charge in [0.25, 0.3) is 5.91 Å². The van der Waals surface area contributed by atoms with Crippen LogP contribution >= 0.6 is 0 Å². The van der Waals surface area contributed by atoms with Crippen molar-refractivity contribution < 1.29 is 65.8 Å². The summed E-state index contributed by atoms with van der Waals surface area (Å²) in [6.45, 7) is 21.8. The van der Waals surface area contributed by atoms with E-state index in [-0.39, 0.29) is 134 Å². The number of primary amides is 1. The fourth-order valence-corrected chi connectivity index (χ4v) is 13.1. The number of likely N-dealkylation sites (N-methyl/N-ethyl adjacent to an activating group) is 2. The van der Waals surface area contributed by atoms with Crippen LogP contribution in [0.15, 0.2) is 53.6 Å². The minimum atomic E-state index is -4.22. The SMILES string of the molecule is C=C1C=CC(=O)N1CCOCCC(=O)C[C@H](C(=O)N[C@@H](CCCCC(N)=O)C(=O)Cc1ccc(S(=O)(=O)CC(=O)[C@H](C)[C@@H](OC)[C@@H]2CCCN2C(=O)C[C@@H](OC)[C@H]([C@@H](C)CC)N(C)C(=O)[C@@H](CC(=O)[C@H](C(C)C)N(C)C)C(C)C)cc1)C(C)C. The van der Waals surface area contributed by atoms with Crippen molar-refractivity contribution in [1.29, 1.82) is 0 Å². The van der Waals surface area contributed by atoms with E-state index in [0.29, 0.717) is 49.9 Å². The van der Waals surface area contributed by atoms with Crippen molar-refractivity contribution in [3.05, 3.63) is 54.3 Å². The van der Waals surface area contributed by atoms with Gasteiger partial charge in [0.2, 0.25) is 23.6 Å². The number of amides is 5. The zero-order chi connectivity index (χ0) is 63.3. The normalized spacial score (nSPS) is 18.0. The summed E-state index contributed by atoms with van der Waals surface area (Å²) in [5.41, 5.74) is 6.36. The molecule has 472 valence electrons. The molecule has 0 radical (unpaired) electrons. The highest BCUT2D eigenvalue weighted by Crippen LogP contribution is 2.32. The average Bonchev–Trinajstić information content (AvgIpc) is 2.76. The Kier molecular flexibility index (Phi) is 30.0. The maximum absolute atomic E-state index is 14.5. The van der Waals surface area contributed by atoms with E-state index in [9.17, 15) is 51.6 Å². The smallest absolute Gasteiger partial charge is 0.251 e. The number of unbranched alkanes of at least 4 members (excludes halogenated alkanes) is 1. The number of ether oxygens (including phenoxy) is 3. The molecule has 2 aliphatic rings. The summed E-state index contributed by atoms with van der Waals surface area (Å²) in [6, 6.07) is 3.18. The molecule has 1 fully saturated rings. The molecule has 0 spiro atoms. The molecule has 1 saturated heterocycles. The van der Waals surface area contributed by atoms with Crippen LogP contribution in [0.4, 0.5) is 0 Å². The molecule has 0 aliphatic carbocycles. The molecule has 1 aromatic rings. The number of nitrogens with two attached hydrogens (primary N) is 1. The Labute approximate surface area is 500 Å². The molecule has 21 heteroatoms. The molecule has 3 N–H and O–H groups in total. The number of ketones is 4. The van der Waals surface area contributed by atoms with Crippen molar-refractivity contribution in [3.63, 3.8) is 0 Å². The lowest BCUT2D eigenvalue weighted by Crippen LogP contribution is -2.54.